The van der Waals surface area contributed by atoms with Crippen LogP contribution in [0.25, 0.3) is 0 Å². The molecular weight excluding hydrogens is 323 g/mol. The van der Waals surface area contributed by atoms with Gasteiger partial charge in [-0.15, -0.1) is 0 Å². The minimum absolute atomic E-state index is 0.0389. The molecule has 4 nitrogen and oxygen atoms in total. The summed E-state index contributed by atoms with van der Waals surface area (Å²) in [5.74, 6) is -0.314. The maximum atomic E-state index is 15.0. The summed E-state index contributed by atoms with van der Waals surface area (Å²) in [4.78, 5) is 23.6. The van der Waals surface area contributed by atoms with E-state index in [1.807, 2.05) is 0 Å². The van der Waals surface area contributed by atoms with E-state index in [0.717, 1.165) is 12.8 Å². The van der Waals surface area contributed by atoms with Crippen LogP contribution in [0.1, 0.15) is 81.1 Å². The van der Waals surface area contributed by atoms with E-state index < -0.39 is 17.4 Å². The summed E-state index contributed by atoms with van der Waals surface area (Å²) in [5.41, 5.74) is -0.226. The van der Waals surface area contributed by atoms with Crippen LogP contribution in [0.4, 0.5) is 4.39 Å². The predicted molar refractivity (Wildman–Crippen MR) is 91.4 cm³/mol. The fourth-order valence-electron chi connectivity index (χ4n) is 3.13. The predicted octanol–water partition coefficient (Wildman–Crippen LogP) is 4.55. The standard InChI is InChI=1S/C20H25FO4/c1-20(2,3)25-19(23)15-10-11-16(17(18(15)21)12-4-5-12)24-14-8-6-13(22)7-9-14/h10-12,14H,4-9H2,1-3H3. The zero-order chi connectivity index (χ0) is 18.2. The van der Waals surface area contributed by atoms with Gasteiger partial charge in [-0.3, -0.25) is 4.79 Å². The van der Waals surface area contributed by atoms with Crippen LogP contribution in [0.2, 0.25) is 0 Å². The lowest BCUT2D eigenvalue weighted by atomic mass is 9.96. The minimum atomic E-state index is -0.674. The second-order valence-corrected chi connectivity index (χ2v) is 7.97. The summed E-state index contributed by atoms with van der Waals surface area (Å²) < 4.78 is 26.3. The molecule has 25 heavy (non-hydrogen) atoms. The third kappa shape index (κ3) is 4.39. The van der Waals surface area contributed by atoms with E-state index in [-0.39, 0.29) is 23.4 Å². The van der Waals surface area contributed by atoms with Crippen molar-refractivity contribution >= 4 is 11.8 Å². The number of esters is 1. The first kappa shape index (κ1) is 17.9. The van der Waals surface area contributed by atoms with Gasteiger partial charge in [0.2, 0.25) is 0 Å². The molecule has 0 N–H and O–H groups in total. The molecule has 0 amide bonds. The van der Waals surface area contributed by atoms with Crippen molar-refractivity contribution in [2.24, 2.45) is 0 Å². The van der Waals surface area contributed by atoms with Crippen LogP contribution >= 0.6 is 0 Å². The molecule has 0 heterocycles. The summed E-state index contributed by atoms with van der Waals surface area (Å²) in [6.45, 7) is 5.27. The van der Waals surface area contributed by atoms with Crippen molar-refractivity contribution in [3.05, 3.63) is 29.1 Å². The highest BCUT2D eigenvalue weighted by Crippen LogP contribution is 2.47. The molecule has 0 saturated heterocycles. The van der Waals surface area contributed by atoms with Gasteiger partial charge in [0.15, 0.2) is 0 Å². The van der Waals surface area contributed by atoms with Crippen LogP contribution < -0.4 is 4.74 Å². The van der Waals surface area contributed by atoms with E-state index in [1.165, 1.54) is 6.07 Å². The molecule has 2 fully saturated rings. The normalized spacial score (nSPS) is 19.0. The van der Waals surface area contributed by atoms with Crippen LogP contribution in [-0.2, 0) is 9.53 Å². The lowest BCUT2D eigenvalue weighted by molar-refractivity contribution is -0.121. The van der Waals surface area contributed by atoms with Gasteiger partial charge in [-0.1, -0.05) is 0 Å². The van der Waals surface area contributed by atoms with Crippen LogP contribution in [0.15, 0.2) is 12.1 Å². The third-order valence-electron chi connectivity index (χ3n) is 4.53. The second kappa shape index (κ2) is 6.77. The van der Waals surface area contributed by atoms with Crippen molar-refractivity contribution in [1.82, 2.24) is 0 Å². The van der Waals surface area contributed by atoms with Crippen molar-refractivity contribution < 1.29 is 23.5 Å². The highest BCUT2D eigenvalue weighted by molar-refractivity contribution is 5.90. The molecule has 0 bridgehead atoms. The van der Waals surface area contributed by atoms with E-state index >= 15 is 4.39 Å². The molecule has 0 unspecified atom stereocenters. The van der Waals surface area contributed by atoms with E-state index in [0.29, 0.717) is 37.0 Å². The zero-order valence-corrected chi connectivity index (χ0v) is 15.1. The Morgan fingerprint density at radius 1 is 1.12 bits per heavy atom. The summed E-state index contributed by atoms with van der Waals surface area (Å²) in [5, 5.41) is 0. The number of rotatable bonds is 4. The maximum absolute atomic E-state index is 15.0. The van der Waals surface area contributed by atoms with Gasteiger partial charge in [0.05, 0.1) is 11.7 Å². The SMILES string of the molecule is CC(C)(C)OC(=O)c1ccc(OC2CCC(=O)CC2)c(C2CC2)c1F. The number of benzene rings is 1. The number of hydrogen-bond acceptors (Lipinski definition) is 4. The first-order chi connectivity index (χ1) is 11.7. The third-order valence-corrected chi connectivity index (χ3v) is 4.53. The number of carbonyl (C=O) groups is 2. The number of hydrogen-bond donors (Lipinski definition) is 0. The van der Waals surface area contributed by atoms with Crippen LogP contribution in [-0.4, -0.2) is 23.5 Å². The quantitative estimate of drug-likeness (QED) is 0.749. The maximum Gasteiger partial charge on any atom is 0.341 e. The molecule has 2 aliphatic rings. The Morgan fingerprint density at radius 2 is 1.76 bits per heavy atom. The molecule has 1 aromatic carbocycles. The molecule has 0 aromatic heterocycles. The van der Waals surface area contributed by atoms with Gasteiger partial charge >= 0.3 is 5.97 Å². The summed E-state index contributed by atoms with van der Waals surface area (Å²) in [6.07, 6.45) is 4.09. The fourth-order valence-corrected chi connectivity index (χ4v) is 3.13. The van der Waals surface area contributed by atoms with Gasteiger partial charge in [0, 0.05) is 18.4 Å². The number of Topliss-reactive ketones (excluding diaryl/α,β-unsaturated/α-hetero) is 1. The Labute approximate surface area is 147 Å². The summed E-state index contributed by atoms with van der Waals surface area (Å²) in [6, 6.07) is 3.12. The van der Waals surface area contributed by atoms with Crippen molar-refractivity contribution in [1.29, 1.82) is 0 Å². The van der Waals surface area contributed by atoms with Crippen molar-refractivity contribution in [3.63, 3.8) is 0 Å². The zero-order valence-electron chi connectivity index (χ0n) is 15.1. The molecule has 136 valence electrons. The number of ketones is 1. The first-order valence-electron chi connectivity index (χ1n) is 8.98. The Morgan fingerprint density at radius 3 is 2.32 bits per heavy atom. The lowest BCUT2D eigenvalue weighted by Gasteiger charge is -2.25. The fraction of sp³-hybridized carbons (Fsp3) is 0.600. The van der Waals surface area contributed by atoms with Gasteiger partial charge in [-0.25, -0.2) is 9.18 Å². The van der Waals surface area contributed by atoms with Crippen LogP contribution in [0.5, 0.6) is 5.75 Å². The van der Waals surface area contributed by atoms with Crippen molar-refractivity contribution in [3.8, 4) is 5.75 Å². The van der Waals surface area contributed by atoms with Crippen molar-refractivity contribution in [2.75, 3.05) is 0 Å². The van der Waals surface area contributed by atoms with Crippen LogP contribution in [0, 0.1) is 5.82 Å². The van der Waals surface area contributed by atoms with Gasteiger partial charge in [-0.05, 0) is 64.5 Å². The van der Waals surface area contributed by atoms with Crippen LogP contribution in [0.3, 0.4) is 0 Å². The average molecular weight is 348 g/mol. The van der Waals surface area contributed by atoms with E-state index in [2.05, 4.69) is 0 Å². The first-order valence-corrected chi connectivity index (χ1v) is 8.98. The Kier molecular flexibility index (Phi) is 4.85. The Balaban J connectivity index is 1.84. The number of ether oxygens (including phenoxy) is 2. The molecule has 2 aliphatic carbocycles. The van der Waals surface area contributed by atoms with Gasteiger partial charge in [0.1, 0.15) is 23.0 Å². The molecule has 5 heteroatoms. The molecule has 0 radical (unpaired) electrons. The summed E-state index contributed by atoms with van der Waals surface area (Å²) in [7, 11) is 0. The molecule has 0 aliphatic heterocycles. The van der Waals surface area contributed by atoms with E-state index in [1.54, 1.807) is 26.8 Å². The van der Waals surface area contributed by atoms with E-state index in [9.17, 15) is 9.59 Å². The van der Waals surface area contributed by atoms with Gasteiger partial charge in [-0.2, -0.15) is 0 Å². The highest BCUT2D eigenvalue weighted by Gasteiger charge is 2.34. The number of halogens is 1. The number of carbonyl (C=O) groups excluding carboxylic acids is 2. The molecule has 0 atom stereocenters. The molecule has 2 saturated carbocycles. The van der Waals surface area contributed by atoms with E-state index in [4.69, 9.17) is 9.47 Å². The largest absolute Gasteiger partial charge is 0.490 e. The van der Waals surface area contributed by atoms with Gasteiger partial charge in [0.25, 0.3) is 0 Å². The average Bonchev–Trinajstić information content (AvgIpc) is 3.32. The van der Waals surface area contributed by atoms with Crippen molar-refractivity contribution in [2.45, 2.75) is 76.9 Å². The molecular formula is C20H25FO4. The molecule has 0 spiro atoms. The monoisotopic (exact) mass is 348 g/mol. The minimum Gasteiger partial charge on any atom is -0.490 e. The lowest BCUT2D eigenvalue weighted by Crippen LogP contribution is -2.26. The Hall–Kier alpha value is -1.91. The highest BCUT2D eigenvalue weighted by atomic mass is 19.1. The topological polar surface area (TPSA) is 52.6 Å². The smallest absolute Gasteiger partial charge is 0.341 e. The van der Waals surface area contributed by atoms with Gasteiger partial charge < -0.3 is 9.47 Å². The second-order valence-electron chi connectivity index (χ2n) is 7.97. The Bertz CT molecular complexity index is 676. The molecule has 3 rings (SSSR count). The summed E-state index contributed by atoms with van der Waals surface area (Å²) >= 11 is 0. The molecule has 1 aromatic rings.